The number of fused-ring (bicyclic) bond motifs is 2. The molecule has 2 aliphatic heterocycles. The normalized spacial score (nSPS) is 14.4. The number of amides is 2. The second-order valence-corrected chi connectivity index (χ2v) is 22.4. The van der Waals surface area contributed by atoms with Crippen molar-refractivity contribution in [3.63, 3.8) is 0 Å². The molecule has 3 aromatic heterocycles. The van der Waals surface area contributed by atoms with Crippen LogP contribution in [0.2, 0.25) is 0 Å². The van der Waals surface area contributed by atoms with Crippen LogP contribution in [0.5, 0.6) is 0 Å². The quantitative estimate of drug-likeness (QED) is 0.0636. The third-order valence-electron chi connectivity index (χ3n) is 14.5. The summed E-state index contributed by atoms with van der Waals surface area (Å²) in [6, 6.07) is 34.0. The minimum absolute atomic E-state index is 0.0435. The van der Waals surface area contributed by atoms with Gasteiger partial charge in [-0.1, -0.05) is 192 Å². The van der Waals surface area contributed by atoms with Crippen molar-refractivity contribution in [2.24, 2.45) is 0 Å². The molecule has 356 valence electrons. The smallest absolute Gasteiger partial charge is 0.261 e. The summed E-state index contributed by atoms with van der Waals surface area (Å²) in [6.45, 7) is 19.2. The zero-order valence-corrected chi connectivity index (χ0v) is 43.6. The number of thiophene rings is 2. The Hall–Kier alpha value is -5.18. The standard InChI is InChI=1S/C60H72N4O2S2/c1-9-13-15-17-19-27-39-63-55(49-50(58(63)66)56(47-37-38-48(68-47)59(5,6)7)64(57(49)65)40-28-20-18-16-14-10-2)46-36-35-45(67-46)43-33-34-44(60(8,11-3)12-4)54-53(43)61-51(41-29-23-21-24-30-41)52(62-54)42-31-25-22-26-32-42/h21-26,29-38H,9-20,27-28,39-40H2,1-8H3. The van der Waals surface area contributed by atoms with Gasteiger partial charge in [-0.3, -0.25) is 9.59 Å². The van der Waals surface area contributed by atoms with Crippen LogP contribution in [0.3, 0.4) is 0 Å². The molecule has 8 heteroatoms. The average Bonchev–Trinajstić information content (AvgIpc) is 4.16. The average molecular weight is 945 g/mol. The number of nitrogens with zero attached hydrogens (tertiary/aromatic N) is 4. The SMILES string of the molecule is CCCCCCCCN1C(=O)C2=C(c3ccc(C(C)(C)C)s3)N(CCCCCCCC)C(=O)C2=C1c1ccc(-c2ccc(C(C)(CC)CC)c3nc(-c4ccccc4)c(-c4ccccc4)nc23)s1. The fraction of sp³-hybridized carbons (Fsp3) is 0.433. The number of carbonyl (C=O) groups excluding carboxylic acids is 2. The highest BCUT2D eigenvalue weighted by Crippen LogP contribution is 2.51. The van der Waals surface area contributed by atoms with Crippen LogP contribution in [0.1, 0.15) is 165 Å². The minimum atomic E-state index is -0.108. The highest BCUT2D eigenvalue weighted by molar-refractivity contribution is 7.16. The van der Waals surface area contributed by atoms with Gasteiger partial charge in [0.2, 0.25) is 0 Å². The zero-order valence-electron chi connectivity index (χ0n) is 42.0. The van der Waals surface area contributed by atoms with Crippen LogP contribution in [-0.4, -0.2) is 44.7 Å². The van der Waals surface area contributed by atoms with Crippen LogP contribution < -0.4 is 0 Å². The van der Waals surface area contributed by atoms with E-state index in [-0.39, 0.29) is 22.6 Å². The van der Waals surface area contributed by atoms with Gasteiger partial charge in [0.25, 0.3) is 11.8 Å². The maximum atomic E-state index is 15.3. The Morgan fingerprint density at radius 2 is 0.941 bits per heavy atom. The minimum Gasteiger partial charge on any atom is -0.306 e. The van der Waals surface area contributed by atoms with E-state index >= 15 is 9.59 Å². The molecule has 5 heterocycles. The van der Waals surface area contributed by atoms with Crippen molar-refractivity contribution in [2.45, 2.75) is 156 Å². The number of hydrogen-bond donors (Lipinski definition) is 0. The summed E-state index contributed by atoms with van der Waals surface area (Å²) in [5.41, 5.74) is 10.3. The van der Waals surface area contributed by atoms with Crippen molar-refractivity contribution in [2.75, 3.05) is 13.1 Å². The van der Waals surface area contributed by atoms with E-state index in [9.17, 15) is 0 Å². The van der Waals surface area contributed by atoms with Crippen LogP contribution in [-0.2, 0) is 20.4 Å². The molecule has 0 spiro atoms. The van der Waals surface area contributed by atoms with E-state index in [0.29, 0.717) is 24.2 Å². The van der Waals surface area contributed by atoms with E-state index < -0.39 is 0 Å². The van der Waals surface area contributed by atoms with Gasteiger partial charge in [0.05, 0.1) is 54.7 Å². The Bertz CT molecular complexity index is 2790. The van der Waals surface area contributed by atoms with Crippen molar-refractivity contribution >= 4 is 56.9 Å². The van der Waals surface area contributed by atoms with Gasteiger partial charge in [0, 0.05) is 39.5 Å². The zero-order chi connectivity index (χ0) is 48.0. The summed E-state index contributed by atoms with van der Waals surface area (Å²) in [4.78, 5) is 49.9. The van der Waals surface area contributed by atoms with Gasteiger partial charge in [-0.15, -0.1) is 22.7 Å². The number of aromatic nitrogens is 2. The lowest BCUT2D eigenvalue weighted by Gasteiger charge is -2.29. The monoisotopic (exact) mass is 945 g/mol. The van der Waals surface area contributed by atoms with Gasteiger partial charge in [-0.2, -0.15) is 0 Å². The lowest BCUT2D eigenvalue weighted by molar-refractivity contribution is -0.124. The molecule has 0 bridgehead atoms. The Morgan fingerprint density at radius 3 is 1.43 bits per heavy atom. The summed E-state index contributed by atoms with van der Waals surface area (Å²) < 4.78 is 0. The van der Waals surface area contributed by atoms with E-state index in [1.807, 2.05) is 21.9 Å². The molecule has 6 nitrogen and oxygen atoms in total. The first kappa shape index (κ1) is 49.2. The molecule has 2 aliphatic rings. The molecule has 0 N–H and O–H groups in total. The largest absolute Gasteiger partial charge is 0.306 e. The second kappa shape index (κ2) is 21.6. The Kier molecular flexibility index (Phi) is 15.7. The maximum absolute atomic E-state index is 15.3. The molecular weight excluding hydrogens is 873 g/mol. The third-order valence-corrected chi connectivity index (χ3v) is 17.1. The highest BCUT2D eigenvalue weighted by atomic mass is 32.1. The van der Waals surface area contributed by atoms with Gasteiger partial charge >= 0.3 is 0 Å². The predicted octanol–water partition coefficient (Wildman–Crippen LogP) is 16.7. The Morgan fingerprint density at radius 1 is 0.485 bits per heavy atom. The van der Waals surface area contributed by atoms with Crippen molar-refractivity contribution in [1.29, 1.82) is 0 Å². The topological polar surface area (TPSA) is 66.4 Å². The van der Waals surface area contributed by atoms with Crippen LogP contribution in [0.4, 0.5) is 0 Å². The molecule has 0 saturated carbocycles. The van der Waals surface area contributed by atoms with E-state index in [0.717, 1.165) is 117 Å². The first-order valence-corrected chi connectivity index (χ1v) is 27.4. The molecule has 0 radical (unpaired) electrons. The van der Waals surface area contributed by atoms with Crippen LogP contribution in [0.15, 0.2) is 108 Å². The molecule has 2 amide bonds. The van der Waals surface area contributed by atoms with Crippen LogP contribution >= 0.6 is 22.7 Å². The molecule has 3 aromatic carbocycles. The summed E-state index contributed by atoms with van der Waals surface area (Å²) >= 11 is 3.38. The van der Waals surface area contributed by atoms with Crippen LogP contribution in [0.25, 0.3) is 55.4 Å². The Balaban J connectivity index is 1.30. The van der Waals surface area contributed by atoms with Gasteiger partial charge in [0.1, 0.15) is 0 Å². The fourth-order valence-electron chi connectivity index (χ4n) is 9.96. The van der Waals surface area contributed by atoms with Crippen molar-refractivity contribution < 1.29 is 9.59 Å². The second-order valence-electron chi connectivity index (χ2n) is 20.3. The molecule has 8 rings (SSSR count). The van der Waals surface area contributed by atoms with Crippen molar-refractivity contribution in [1.82, 2.24) is 19.8 Å². The van der Waals surface area contributed by atoms with E-state index in [4.69, 9.17) is 9.97 Å². The maximum Gasteiger partial charge on any atom is 0.261 e. The summed E-state index contributed by atoms with van der Waals surface area (Å²) in [6.07, 6.45) is 15.4. The van der Waals surface area contributed by atoms with Crippen LogP contribution in [0, 0.1) is 0 Å². The third kappa shape index (κ3) is 9.96. The van der Waals surface area contributed by atoms with E-state index in [1.165, 1.54) is 49.0 Å². The van der Waals surface area contributed by atoms with Gasteiger partial charge in [-0.25, -0.2) is 9.97 Å². The number of unbranched alkanes of at least 4 members (excludes halogenated alkanes) is 10. The summed E-state index contributed by atoms with van der Waals surface area (Å²) in [5, 5.41) is 0. The number of hydrogen-bond acceptors (Lipinski definition) is 6. The molecule has 0 atom stereocenters. The van der Waals surface area contributed by atoms with Gasteiger partial charge in [0.15, 0.2) is 0 Å². The molecule has 0 unspecified atom stereocenters. The molecule has 0 saturated heterocycles. The number of benzene rings is 3. The molecule has 68 heavy (non-hydrogen) atoms. The molecule has 6 aromatic rings. The lowest BCUT2D eigenvalue weighted by atomic mass is 9.76. The Labute approximate surface area is 414 Å². The first-order valence-electron chi connectivity index (χ1n) is 25.7. The fourth-order valence-corrected chi connectivity index (χ4v) is 12.2. The summed E-state index contributed by atoms with van der Waals surface area (Å²) in [5.74, 6) is -0.0870. The first-order chi connectivity index (χ1) is 32.9. The number of carbonyl (C=O) groups is 2. The van der Waals surface area contributed by atoms with Gasteiger partial charge < -0.3 is 9.80 Å². The lowest BCUT2D eigenvalue weighted by Crippen LogP contribution is -2.30. The van der Waals surface area contributed by atoms with Crippen molar-refractivity contribution in [3.05, 3.63) is 128 Å². The number of rotatable bonds is 22. The summed E-state index contributed by atoms with van der Waals surface area (Å²) in [7, 11) is 0. The molecular formula is C60H72N4O2S2. The van der Waals surface area contributed by atoms with E-state index in [2.05, 4.69) is 140 Å². The molecule has 0 fully saturated rings. The molecule has 0 aliphatic carbocycles. The predicted molar refractivity (Wildman–Crippen MR) is 289 cm³/mol. The van der Waals surface area contributed by atoms with Gasteiger partial charge in [-0.05, 0) is 66.3 Å². The highest BCUT2D eigenvalue weighted by Gasteiger charge is 2.49. The van der Waals surface area contributed by atoms with Crippen molar-refractivity contribution in [3.8, 4) is 33.0 Å². The van der Waals surface area contributed by atoms with E-state index in [1.54, 1.807) is 22.7 Å².